The summed E-state index contributed by atoms with van der Waals surface area (Å²) in [6, 6.07) is 11.0. The van der Waals surface area contributed by atoms with Crippen molar-refractivity contribution in [1.82, 2.24) is 0 Å². The van der Waals surface area contributed by atoms with Gasteiger partial charge in [0.1, 0.15) is 0 Å². The van der Waals surface area contributed by atoms with Gasteiger partial charge in [0.25, 0.3) is 0 Å². The first-order chi connectivity index (χ1) is 8.19. The zero-order valence-electron chi connectivity index (χ0n) is 9.62. The van der Waals surface area contributed by atoms with E-state index in [-0.39, 0.29) is 0 Å². The first-order valence-electron chi connectivity index (χ1n) is 5.54. The van der Waals surface area contributed by atoms with E-state index in [4.69, 9.17) is 0 Å². The van der Waals surface area contributed by atoms with Gasteiger partial charge in [0.2, 0.25) is 0 Å². The fourth-order valence-electron chi connectivity index (χ4n) is 1.89. The first-order valence-corrected chi connectivity index (χ1v) is 8.34. The summed E-state index contributed by atoms with van der Waals surface area (Å²) in [7, 11) is 0. The van der Waals surface area contributed by atoms with E-state index in [2.05, 4.69) is 74.5 Å². The third-order valence-electron chi connectivity index (χ3n) is 2.77. The molecule has 1 unspecified atom stereocenters. The lowest BCUT2D eigenvalue weighted by Crippen LogP contribution is -2.03. The Morgan fingerprint density at radius 1 is 1.29 bits per heavy atom. The van der Waals surface area contributed by atoms with Gasteiger partial charge in [-0.1, -0.05) is 45.8 Å². The zero-order chi connectivity index (χ0) is 12.3. The lowest BCUT2D eigenvalue weighted by Gasteiger charge is -2.14. The van der Waals surface area contributed by atoms with Crippen molar-refractivity contribution in [3.05, 3.63) is 56.2 Å². The topological polar surface area (TPSA) is 0 Å². The molecule has 0 N–H and O–H groups in total. The van der Waals surface area contributed by atoms with Crippen LogP contribution in [0.1, 0.15) is 21.9 Å². The quantitative estimate of drug-likeness (QED) is 0.617. The Morgan fingerprint density at radius 3 is 2.71 bits per heavy atom. The molecule has 0 nitrogen and oxygen atoms in total. The van der Waals surface area contributed by atoms with Gasteiger partial charge in [0.05, 0.1) is 0 Å². The normalized spacial score (nSPS) is 12.6. The maximum atomic E-state index is 3.63. The van der Waals surface area contributed by atoms with Crippen molar-refractivity contribution >= 4 is 43.2 Å². The van der Waals surface area contributed by atoms with Crippen LogP contribution in [0.2, 0.25) is 0 Å². The van der Waals surface area contributed by atoms with Gasteiger partial charge in [0.15, 0.2) is 0 Å². The molecule has 0 spiro atoms. The SMILES string of the molecule is Cc1cccc(C(CBr)Cc2cc(Br)cs2)c1. The lowest BCUT2D eigenvalue weighted by atomic mass is 9.96. The largest absolute Gasteiger partial charge is 0.148 e. The molecule has 2 rings (SSSR count). The third kappa shape index (κ3) is 3.67. The molecule has 2 aromatic rings. The molecule has 0 saturated heterocycles. The van der Waals surface area contributed by atoms with Crippen LogP contribution in [0.3, 0.4) is 0 Å². The molecule has 1 atom stereocenters. The van der Waals surface area contributed by atoms with E-state index in [1.807, 2.05) is 11.3 Å². The highest BCUT2D eigenvalue weighted by Crippen LogP contribution is 2.28. The Bertz CT molecular complexity index is 490. The van der Waals surface area contributed by atoms with Gasteiger partial charge in [-0.15, -0.1) is 11.3 Å². The predicted octanol–water partition coefficient (Wildman–Crippen LogP) is 5.54. The van der Waals surface area contributed by atoms with Crippen LogP contribution >= 0.6 is 43.2 Å². The van der Waals surface area contributed by atoms with Crippen molar-refractivity contribution in [3.8, 4) is 0 Å². The minimum absolute atomic E-state index is 0.556. The second-order valence-corrected chi connectivity index (χ2v) is 6.76. The second kappa shape index (κ2) is 6.17. The Hall–Kier alpha value is -0.120. The number of halogens is 2. The van der Waals surface area contributed by atoms with E-state index in [0.717, 1.165) is 11.8 Å². The van der Waals surface area contributed by atoms with E-state index in [0.29, 0.717) is 5.92 Å². The molecule has 0 bridgehead atoms. The summed E-state index contributed by atoms with van der Waals surface area (Å²) in [5.41, 5.74) is 2.76. The number of hydrogen-bond acceptors (Lipinski definition) is 1. The molecule has 17 heavy (non-hydrogen) atoms. The molecule has 3 heteroatoms. The van der Waals surface area contributed by atoms with Crippen LogP contribution in [-0.4, -0.2) is 5.33 Å². The van der Waals surface area contributed by atoms with Gasteiger partial charge in [0, 0.05) is 20.1 Å². The second-order valence-electron chi connectivity index (χ2n) is 4.20. The minimum Gasteiger partial charge on any atom is -0.148 e. The smallest absolute Gasteiger partial charge is 0.0285 e. The summed E-state index contributed by atoms with van der Waals surface area (Å²) >= 11 is 8.97. The van der Waals surface area contributed by atoms with Crippen LogP contribution in [0.25, 0.3) is 0 Å². The number of alkyl halides is 1. The first kappa shape index (κ1) is 13.3. The molecule has 0 saturated carbocycles. The fraction of sp³-hybridized carbons (Fsp3) is 0.286. The highest BCUT2D eigenvalue weighted by atomic mass is 79.9. The van der Waals surface area contributed by atoms with Crippen LogP contribution in [0, 0.1) is 6.92 Å². The summed E-state index contributed by atoms with van der Waals surface area (Å²) in [6.07, 6.45) is 1.10. The van der Waals surface area contributed by atoms with Crippen molar-refractivity contribution in [2.75, 3.05) is 5.33 Å². The van der Waals surface area contributed by atoms with Crippen LogP contribution in [0.4, 0.5) is 0 Å². The Morgan fingerprint density at radius 2 is 2.12 bits per heavy atom. The summed E-state index contributed by atoms with van der Waals surface area (Å²) in [5.74, 6) is 0.556. The van der Waals surface area contributed by atoms with E-state index in [9.17, 15) is 0 Å². The van der Waals surface area contributed by atoms with Crippen molar-refractivity contribution in [1.29, 1.82) is 0 Å². The van der Waals surface area contributed by atoms with Gasteiger partial charge >= 0.3 is 0 Å². The summed E-state index contributed by atoms with van der Waals surface area (Å²) in [6.45, 7) is 2.15. The van der Waals surface area contributed by atoms with Crippen molar-refractivity contribution in [3.63, 3.8) is 0 Å². The lowest BCUT2D eigenvalue weighted by molar-refractivity contribution is 0.784. The monoisotopic (exact) mass is 372 g/mol. The highest BCUT2D eigenvalue weighted by Gasteiger charge is 2.12. The number of rotatable bonds is 4. The van der Waals surface area contributed by atoms with Gasteiger partial charge in [-0.05, 0) is 46.8 Å². The standard InChI is InChI=1S/C14H14Br2S/c1-10-3-2-4-11(5-10)12(8-15)6-14-7-13(16)9-17-14/h2-5,7,9,12H,6,8H2,1H3. The highest BCUT2D eigenvalue weighted by molar-refractivity contribution is 9.10. The molecule has 0 radical (unpaired) electrons. The van der Waals surface area contributed by atoms with E-state index in [1.165, 1.54) is 20.5 Å². The van der Waals surface area contributed by atoms with E-state index < -0.39 is 0 Å². The average molecular weight is 374 g/mol. The zero-order valence-corrected chi connectivity index (χ0v) is 13.6. The molecule has 90 valence electrons. The number of hydrogen-bond donors (Lipinski definition) is 0. The summed E-state index contributed by atoms with van der Waals surface area (Å²) in [5, 5.41) is 3.16. The third-order valence-corrected chi connectivity index (χ3v) is 5.27. The Kier molecular flexibility index (Phi) is 4.83. The van der Waals surface area contributed by atoms with Gasteiger partial charge in [-0.25, -0.2) is 0 Å². The van der Waals surface area contributed by atoms with Crippen LogP contribution < -0.4 is 0 Å². The molecular formula is C14H14Br2S. The van der Waals surface area contributed by atoms with Crippen LogP contribution in [-0.2, 0) is 6.42 Å². The van der Waals surface area contributed by atoms with Crippen molar-refractivity contribution in [2.45, 2.75) is 19.3 Å². The number of aryl methyl sites for hydroxylation is 1. The molecule has 1 aromatic heterocycles. The Labute approximate surface area is 123 Å². The van der Waals surface area contributed by atoms with Gasteiger partial charge in [-0.2, -0.15) is 0 Å². The van der Waals surface area contributed by atoms with Gasteiger partial charge < -0.3 is 0 Å². The molecule has 0 aliphatic heterocycles. The van der Waals surface area contributed by atoms with Gasteiger partial charge in [-0.3, -0.25) is 0 Å². The molecular weight excluding hydrogens is 360 g/mol. The van der Waals surface area contributed by atoms with Crippen molar-refractivity contribution < 1.29 is 0 Å². The number of benzene rings is 1. The molecule has 0 aliphatic rings. The molecule has 0 aliphatic carbocycles. The maximum absolute atomic E-state index is 3.63. The fourth-order valence-corrected chi connectivity index (χ4v) is 4.02. The number of thiophene rings is 1. The molecule has 0 fully saturated rings. The van der Waals surface area contributed by atoms with Crippen LogP contribution in [0.15, 0.2) is 40.2 Å². The molecule has 1 aromatic carbocycles. The Balaban J connectivity index is 2.16. The van der Waals surface area contributed by atoms with E-state index >= 15 is 0 Å². The van der Waals surface area contributed by atoms with Crippen LogP contribution in [0.5, 0.6) is 0 Å². The minimum atomic E-state index is 0.556. The van der Waals surface area contributed by atoms with E-state index in [1.54, 1.807) is 0 Å². The van der Waals surface area contributed by atoms with Crippen molar-refractivity contribution in [2.24, 2.45) is 0 Å². The summed E-state index contributed by atoms with van der Waals surface area (Å²) < 4.78 is 1.19. The maximum Gasteiger partial charge on any atom is 0.0285 e. The molecule has 0 amide bonds. The average Bonchev–Trinajstić information content (AvgIpc) is 2.72. The predicted molar refractivity (Wildman–Crippen MR) is 83.4 cm³/mol. The molecule has 1 heterocycles. The summed E-state index contributed by atoms with van der Waals surface area (Å²) in [4.78, 5) is 1.43.